The summed E-state index contributed by atoms with van der Waals surface area (Å²) in [4.78, 5) is 23.6. The first-order chi connectivity index (χ1) is 15.3. The minimum Gasteiger partial charge on any atom is -0.371 e. The number of hydrogen-bond acceptors (Lipinski definition) is 5. The van der Waals surface area contributed by atoms with Gasteiger partial charge in [-0.1, -0.05) is 12.1 Å². The Labute approximate surface area is 180 Å². The van der Waals surface area contributed by atoms with Gasteiger partial charge in [-0.05, 0) is 55.2 Å². The predicted molar refractivity (Wildman–Crippen MR) is 121 cm³/mol. The van der Waals surface area contributed by atoms with Crippen molar-refractivity contribution in [3.63, 3.8) is 0 Å². The Hall–Kier alpha value is -3.74. The lowest BCUT2D eigenvalue weighted by atomic mass is 10.0. The third kappa shape index (κ3) is 4.12. The van der Waals surface area contributed by atoms with Crippen LogP contribution >= 0.6 is 0 Å². The van der Waals surface area contributed by atoms with Crippen molar-refractivity contribution in [2.24, 2.45) is 0 Å². The van der Waals surface area contributed by atoms with Gasteiger partial charge in [0.15, 0.2) is 0 Å². The van der Waals surface area contributed by atoms with Crippen LogP contribution < -0.4 is 10.2 Å². The van der Waals surface area contributed by atoms with Gasteiger partial charge >= 0.3 is 0 Å². The molecule has 0 saturated carbocycles. The number of aromatic nitrogens is 4. The van der Waals surface area contributed by atoms with E-state index in [1.807, 2.05) is 48.8 Å². The highest BCUT2D eigenvalue weighted by Crippen LogP contribution is 2.33. The van der Waals surface area contributed by atoms with Crippen LogP contribution in [0.25, 0.3) is 10.8 Å². The SMILES string of the molecule is O=C(Nc1ccc(N2CCCCC2)c2ccncc12)c1ccc(Cn2cncn2)cc1. The molecule has 5 rings (SSSR count). The molecule has 0 unspecified atom stereocenters. The molecule has 1 aliphatic heterocycles. The second-order valence-corrected chi connectivity index (χ2v) is 7.85. The number of nitrogens with one attached hydrogen (secondary N) is 1. The smallest absolute Gasteiger partial charge is 0.255 e. The van der Waals surface area contributed by atoms with Gasteiger partial charge in [0, 0.05) is 47.5 Å². The van der Waals surface area contributed by atoms with Gasteiger partial charge in [-0.2, -0.15) is 5.10 Å². The summed E-state index contributed by atoms with van der Waals surface area (Å²) in [5.41, 5.74) is 3.66. The van der Waals surface area contributed by atoms with Crippen LogP contribution in [0.4, 0.5) is 11.4 Å². The van der Waals surface area contributed by atoms with Crippen molar-refractivity contribution < 1.29 is 4.79 Å². The average molecular weight is 412 g/mol. The number of carbonyl (C=O) groups is 1. The van der Waals surface area contributed by atoms with E-state index in [1.165, 1.54) is 31.3 Å². The summed E-state index contributed by atoms with van der Waals surface area (Å²) in [5.74, 6) is -0.136. The molecule has 0 atom stereocenters. The molecule has 7 nitrogen and oxygen atoms in total. The van der Waals surface area contributed by atoms with Gasteiger partial charge in [-0.25, -0.2) is 9.67 Å². The first-order valence-corrected chi connectivity index (χ1v) is 10.6. The van der Waals surface area contributed by atoms with Crippen LogP contribution in [0.5, 0.6) is 0 Å². The molecule has 0 spiro atoms. The molecule has 4 aromatic rings. The van der Waals surface area contributed by atoms with Gasteiger partial charge < -0.3 is 10.2 Å². The molecule has 0 radical (unpaired) electrons. The Morgan fingerprint density at radius 2 is 1.77 bits per heavy atom. The quantitative estimate of drug-likeness (QED) is 0.534. The molecule has 1 fully saturated rings. The van der Waals surface area contributed by atoms with Gasteiger partial charge in [0.2, 0.25) is 0 Å². The van der Waals surface area contributed by atoms with Crippen molar-refractivity contribution in [2.75, 3.05) is 23.3 Å². The molecule has 2 aromatic carbocycles. The zero-order chi connectivity index (χ0) is 21.0. The Bertz CT molecular complexity index is 1180. The van der Waals surface area contributed by atoms with Crippen molar-refractivity contribution in [3.05, 3.63) is 78.6 Å². The first-order valence-electron chi connectivity index (χ1n) is 10.6. The molecule has 0 aliphatic carbocycles. The molecular weight excluding hydrogens is 388 g/mol. The summed E-state index contributed by atoms with van der Waals surface area (Å²) in [7, 11) is 0. The van der Waals surface area contributed by atoms with E-state index in [2.05, 4.69) is 31.3 Å². The Balaban J connectivity index is 1.37. The minimum absolute atomic E-state index is 0.136. The Kier molecular flexibility index (Phi) is 5.31. The molecule has 31 heavy (non-hydrogen) atoms. The number of amides is 1. The number of benzene rings is 2. The summed E-state index contributed by atoms with van der Waals surface area (Å²) in [6, 6.07) is 13.7. The highest BCUT2D eigenvalue weighted by atomic mass is 16.1. The van der Waals surface area contributed by atoms with Gasteiger partial charge in [-0.3, -0.25) is 9.78 Å². The predicted octanol–water partition coefficient (Wildman–Crippen LogP) is 4.12. The summed E-state index contributed by atoms with van der Waals surface area (Å²) < 4.78 is 1.75. The normalized spacial score (nSPS) is 14.0. The largest absolute Gasteiger partial charge is 0.371 e. The lowest BCUT2D eigenvalue weighted by Gasteiger charge is -2.30. The summed E-state index contributed by atoms with van der Waals surface area (Å²) in [6.45, 7) is 2.77. The maximum Gasteiger partial charge on any atom is 0.255 e. The second kappa shape index (κ2) is 8.55. The fourth-order valence-electron chi connectivity index (χ4n) is 4.15. The maximum absolute atomic E-state index is 12.9. The molecule has 1 amide bonds. The van der Waals surface area contributed by atoms with E-state index in [-0.39, 0.29) is 5.91 Å². The topological polar surface area (TPSA) is 75.9 Å². The zero-order valence-electron chi connectivity index (χ0n) is 17.2. The van der Waals surface area contributed by atoms with Crippen LogP contribution in [0.2, 0.25) is 0 Å². The zero-order valence-corrected chi connectivity index (χ0v) is 17.2. The molecule has 156 valence electrons. The third-order valence-corrected chi connectivity index (χ3v) is 5.77. The van der Waals surface area contributed by atoms with E-state index in [1.54, 1.807) is 11.0 Å². The van der Waals surface area contributed by atoms with Crippen LogP contribution in [0.3, 0.4) is 0 Å². The lowest BCUT2D eigenvalue weighted by Crippen LogP contribution is -2.29. The summed E-state index contributed by atoms with van der Waals surface area (Å²) in [6.07, 6.45) is 10.6. The van der Waals surface area contributed by atoms with E-state index in [4.69, 9.17) is 0 Å². The monoisotopic (exact) mass is 412 g/mol. The number of piperidine rings is 1. The summed E-state index contributed by atoms with van der Waals surface area (Å²) >= 11 is 0. The molecule has 1 aliphatic rings. The Morgan fingerprint density at radius 1 is 0.935 bits per heavy atom. The lowest BCUT2D eigenvalue weighted by molar-refractivity contribution is 0.102. The molecule has 2 aromatic heterocycles. The minimum atomic E-state index is -0.136. The molecule has 1 saturated heterocycles. The molecule has 7 heteroatoms. The van der Waals surface area contributed by atoms with Crippen molar-refractivity contribution >= 4 is 28.1 Å². The van der Waals surface area contributed by atoms with Gasteiger partial charge in [0.05, 0.1) is 12.2 Å². The fraction of sp³-hybridized carbons (Fsp3) is 0.250. The molecule has 3 heterocycles. The number of hydrogen-bond donors (Lipinski definition) is 1. The van der Waals surface area contributed by atoms with Crippen molar-refractivity contribution in [3.8, 4) is 0 Å². The van der Waals surface area contributed by atoms with Crippen molar-refractivity contribution in [1.29, 1.82) is 0 Å². The maximum atomic E-state index is 12.9. The fourth-order valence-corrected chi connectivity index (χ4v) is 4.15. The van der Waals surface area contributed by atoms with Crippen LogP contribution in [0, 0.1) is 0 Å². The Morgan fingerprint density at radius 3 is 2.55 bits per heavy atom. The number of nitrogens with zero attached hydrogens (tertiary/aromatic N) is 5. The average Bonchev–Trinajstić information content (AvgIpc) is 3.33. The van der Waals surface area contributed by atoms with Crippen LogP contribution in [-0.2, 0) is 6.54 Å². The molecular formula is C24H24N6O. The number of rotatable bonds is 5. The van der Waals surface area contributed by atoms with Crippen molar-refractivity contribution in [2.45, 2.75) is 25.8 Å². The standard InChI is InChI=1S/C24H24N6O/c31-24(19-6-4-18(5-7-19)15-30-17-26-16-27-30)28-22-8-9-23(29-12-2-1-3-13-29)20-10-11-25-14-21(20)22/h4-11,14,16-17H,1-3,12-13,15H2,(H,28,31). The van der Waals surface area contributed by atoms with Gasteiger partial charge in [-0.15, -0.1) is 0 Å². The molecule has 1 N–H and O–H groups in total. The number of fused-ring (bicyclic) bond motifs is 1. The highest BCUT2D eigenvalue weighted by Gasteiger charge is 2.16. The second-order valence-electron chi connectivity index (χ2n) is 7.85. The third-order valence-electron chi connectivity index (χ3n) is 5.77. The summed E-state index contributed by atoms with van der Waals surface area (Å²) in [5, 5.41) is 9.27. The van der Waals surface area contributed by atoms with Crippen LogP contribution in [0.1, 0.15) is 35.2 Å². The highest BCUT2D eigenvalue weighted by molar-refractivity contribution is 6.11. The van der Waals surface area contributed by atoms with Crippen LogP contribution in [0.15, 0.2) is 67.5 Å². The van der Waals surface area contributed by atoms with E-state index in [9.17, 15) is 4.79 Å². The number of carbonyl (C=O) groups excluding carboxylic acids is 1. The number of pyridine rings is 1. The van der Waals surface area contributed by atoms with E-state index in [0.717, 1.165) is 35.1 Å². The van der Waals surface area contributed by atoms with Gasteiger partial charge in [0.25, 0.3) is 5.91 Å². The first kappa shape index (κ1) is 19.2. The van der Waals surface area contributed by atoms with Crippen LogP contribution in [-0.4, -0.2) is 38.7 Å². The van der Waals surface area contributed by atoms with E-state index < -0.39 is 0 Å². The van der Waals surface area contributed by atoms with E-state index >= 15 is 0 Å². The van der Waals surface area contributed by atoms with E-state index in [0.29, 0.717) is 12.1 Å². The van der Waals surface area contributed by atoms with Crippen molar-refractivity contribution in [1.82, 2.24) is 19.7 Å². The molecule has 0 bridgehead atoms. The number of anilines is 2. The van der Waals surface area contributed by atoms with Gasteiger partial charge in [0.1, 0.15) is 12.7 Å².